The molecule has 1 saturated heterocycles. The second kappa shape index (κ2) is 6.76. The average molecular weight is 320 g/mol. The van der Waals surface area contributed by atoms with E-state index in [1.165, 1.54) is 0 Å². The summed E-state index contributed by atoms with van der Waals surface area (Å²) < 4.78 is 5.52. The molecule has 0 radical (unpaired) electrons. The predicted octanol–water partition coefficient (Wildman–Crippen LogP) is 4.00. The molecular weight excluding hydrogens is 300 g/mol. The van der Waals surface area contributed by atoms with Crippen molar-refractivity contribution in [3.8, 4) is 11.8 Å². The molecular formula is C20H20N2O2. The van der Waals surface area contributed by atoms with Crippen molar-refractivity contribution in [2.75, 3.05) is 11.4 Å². The van der Waals surface area contributed by atoms with E-state index in [1.807, 2.05) is 56.3 Å². The first-order valence-electron chi connectivity index (χ1n) is 8.07. The number of pyridine rings is 1. The van der Waals surface area contributed by atoms with Gasteiger partial charge in [-0.1, -0.05) is 30.0 Å². The van der Waals surface area contributed by atoms with Gasteiger partial charge in [0.15, 0.2) is 0 Å². The normalized spacial score (nSPS) is 16.6. The van der Waals surface area contributed by atoms with Gasteiger partial charge in [-0.3, -0.25) is 4.90 Å². The van der Waals surface area contributed by atoms with E-state index < -0.39 is 5.60 Å². The lowest BCUT2D eigenvalue weighted by Gasteiger charge is -2.23. The van der Waals surface area contributed by atoms with E-state index in [-0.39, 0.29) is 6.09 Å². The van der Waals surface area contributed by atoms with Gasteiger partial charge in [-0.15, -0.1) is 0 Å². The molecule has 0 N–H and O–H groups in total. The van der Waals surface area contributed by atoms with Crippen molar-refractivity contribution in [2.24, 2.45) is 0 Å². The topological polar surface area (TPSA) is 42.4 Å². The van der Waals surface area contributed by atoms with Gasteiger partial charge in [-0.2, -0.15) is 0 Å². The molecule has 0 unspecified atom stereocenters. The number of carbonyl (C=O) groups excluding carboxylic acids is 1. The van der Waals surface area contributed by atoms with Gasteiger partial charge < -0.3 is 4.74 Å². The number of cyclic esters (lactones) is 1. The van der Waals surface area contributed by atoms with Crippen molar-refractivity contribution in [1.29, 1.82) is 0 Å². The summed E-state index contributed by atoms with van der Waals surface area (Å²) in [5.41, 5.74) is 1.35. The van der Waals surface area contributed by atoms with Gasteiger partial charge in [0.1, 0.15) is 11.4 Å². The van der Waals surface area contributed by atoms with Crippen molar-refractivity contribution in [1.82, 2.24) is 4.98 Å². The molecule has 1 aliphatic heterocycles. The maximum absolute atomic E-state index is 12.3. The monoisotopic (exact) mass is 320 g/mol. The molecule has 0 spiro atoms. The van der Waals surface area contributed by atoms with Crippen LogP contribution in [0.2, 0.25) is 0 Å². The molecule has 4 heteroatoms. The summed E-state index contributed by atoms with van der Waals surface area (Å²) in [7, 11) is 0. The van der Waals surface area contributed by atoms with Gasteiger partial charge in [0.25, 0.3) is 0 Å². The molecule has 122 valence electrons. The first-order valence-corrected chi connectivity index (χ1v) is 8.07. The molecule has 1 fully saturated rings. The smallest absolute Gasteiger partial charge is 0.416 e. The molecule has 1 aromatic carbocycles. The van der Waals surface area contributed by atoms with Crippen molar-refractivity contribution < 1.29 is 9.53 Å². The summed E-state index contributed by atoms with van der Waals surface area (Å²) in [5, 5.41) is 0. The Morgan fingerprint density at radius 3 is 2.54 bits per heavy atom. The summed E-state index contributed by atoms with van der Waals surface area (Å²) in [6.07, 6.45) is 3.08. The third kappa shape index (κ3) is 3.94. The van der Waals surface area contributed by atoms with Crippen molar-refractivity contribution >= 4 is 11.9 Å². The molecule has 4 nitrogen and oxygen atoms in total. The van der Waals surface area contributed by atoms with Crippen LogP contribution in [0.25, 0.3) is 0 Å². The lowest BCUT2D eigenvalue weighted by molar-refractivity contribution is 0.0449. The van der Waals surface area contributed by atoms with Crippen molar-refractivity contribution in [2.45, 2.75) is 32.3 Å². The number of nitrogens with zero attached hydrogens (tertiary/aromatic N) is 2. The average Bonchev–Trinajstić information content (AvgIpc) is 2.71. The number of hydrogen-bond donors (Lipinski definition) is 0. The van der Waals surface area contributed by atoms with Gasteiger partial charge in [-0.05, 0) is 51.0 Å². The zero-order valence-electron chi connectivity index (χ0n) is 14.0. The van der Waals surface area contributed by atoms with Crippen LogP contribution in [0.3, 0.4) is 0 Å². The van der Waals surface area contributed by atoms with Crippen LogP contribution in [-0.4, -0.2) is 23.2 Å². The molecule has 2 aromatic rings. The minimum atomic E-state index is -0.424. The quantitative estimate of drug-likeness (QED) is 0.746. The first kappa shape index (κ1) is 16.1. The second-order valence-electron chi connectivity index (χ2n) is 6.40. The highest BCUT2D eigenvalue weighted by Gasteiger charge is 2.31. The first-order chi connectivity index (χ1) is 11.5. The predicted molar refractivity (Wildman–Crippen MR) is 93.8 cm³/mol. The number of amides is 1. The Kier molecular flexibility index (Phi) is 4.52. The van der Waals surface area contributed by atoms with E-state index in [0.29, 0.717) is 12.4 Å². The third-order valence-corrected chi connectivity index (χ3v) is 3.89. The number of benzene rings is 1. The van der Waals surface area contributed by atoms with Gasteiger partial charge in [0.05, 0.1) is 0 Å². The Morgan fingerprint density at radius 1 is 1.08 bits per heavy atom. The fourth-order valence-corrected chi connectivity index (χ4v) is 2.59. The zero-order valence-corrected chi connectivity index (χ0v) is 14.0. The van der Waals surface area contributed by atoms with Crippen LogP contribution in [0.4, 0.5) is 10.6 Å². The van der Waals surface area contributed by atoms with Gasteiger partial charge in [0.2, 0.25) is 0 Å². The van der Waals surface area contributed by atoms with E-state index in [4.69, 9.17) is 4.74 Å². The highest BCUT2D eigenvalue weighted by molar-refractivity contribution is 5.86. The largest absolute Gasteiger partial charge is 0.443 e. The van der Waals surface area contributed by atoms with Gasteiger partial charge >= 0.3 is 6.09 Å². The lowest BCUT2D eigenvalue weighted by atomic mass is 10.0. The molecule has 0 aliphatic carbocycles. The molecule has 3 rings (SSSR count). The Labute approximate surface area is 142 Å². The standard InChI is InChI=1S/C20H20N2O2/c1-20(2)13-6-14-22(19(23)24-20)18-12-11-17(15-21-18)10-9-16-7-4-3-5-8-16/h3-5,7-8,11-12,15H,6,13-14H2,1-2H3. The lowest BCUT2D eigenvalue weighted by Crippen LogP contribution is -2.34. The summed E-state index contributed by atoms with van der Waals surface area (Å²) >= 11 is 0. The highest BCUT2D eigenvalue weighted by Crippen LogP contribution is 2.25. The second-order valence-corrected chi connectivity index (χ2v) is 6.40. The number of aromatic nitrogens is 1. The van der Waals surface area contributed by atoms with Gasteiger partial charge in [-0.25, -0.2) is 9.78 Å². The Hall–Kier alpha value is -2.80. The molecule has 2 heterocycles. The number of carbonyl (C=O) groups is 1. The van der Waals surface area contributed by atoms with Crippen LogP contribution >= 0.6 is 0 Å². The van der Waals surface area contributed by atoms with E-state index in [2.05, 4.69) is 16.8 Å². The minimum absolute atomic E-state index is 0.340. The molecule has 0 saturated carbocycles. The zero-order chi connectivity index (χ0) is 17.0. The number of ether oxygens (including phenoxy) is 1. The summed E-state index contributed by atoms with van der Waals surface area (Å²) in [5.74, 6) is 6.77. The van der Waals surface area contributed by atoms with E-state index in [1.54, 1.807) is 11.1 Å². The van der Waals surface area contributed by atoms with Crippen LogP contribution < -0.4 is 4.90 Å². The number of anilines is 1. The van der Waals surface area contributed by atoms with E-state index >= 15 is 0 Å². The van der Waals surface area contributed by atoms with E-state index in [9.17, 15) is 4.79 Å². The molecule has 1 aromatic heterocycles. The maximum atomic E-state index is 12.3. The van der Waals surface area contributed by atoms with Crippen LogP contribution in [-0.2, 0) is 4.74 Å². The molecule has 1 amide bonds. The Morgan fingerprint density at radius 2 is 1.83 bits per heavy atom. The van der Waals surface area contributed by atoms with Crippen LogP contribution in [0, 0.1) is 11.8 Å². The number of hydrogen-bond acceptors (Lipinski definition) is 3. The third-order valence-electron chi connectivity index (χ3n) is 3.89. The molecule has 1 aliphatic rings. The van der Waals surface area contributed by atoms with Crippen molar-refractivity contribution in [3.05, 3.63) is 59.8 Å². The fourth-order valence-electron chi connectivity index (χ4n) is 2.59. The van der Waals surface area contributed by atoms with E-state index in [0.717, 1.165) is 24.0 Å². The highest BCUT2D eigenvalue weighted by atomic mass is 16.6. The molecule has 0 bridgehead atoms. The van der Waals surface area contributed by atoms with Gasteiger partial charge in [0, 0.05) is 23.9 Å². The van der Waals surface area contributed by atoms with Crippen LogP contribution in [0.5, 0.6) is 0 Å². The van der Waals surface area contributed by atoms with Crippen LogP contribution in [0.15, 0.2) is 48.7 Å². The minimum Gasteiger partial charge on any atom is -0.443 e. The SMILES string of the molecule is CC1(C)CCCN(c2ccc(C#Cc3ccccc3)cn2)C(=O)O1. The molecule has 24 heavy (non-hydrogen) atoms. The fraction of sp³-hybridized carbons (Fsp3) is 0.300. The van der Waals surface area contributed by atoms with Crippen molar-refractivity contribution in [3.63, 3.8) is 0 Å². The molecule has 0 atom stereocenters. The van der Waals surface area contributed by atoms with Crippen LogP contribution in [0.1, 0.15) is 37.8 Å². The Balaban J connectivity index is 1.75. The maximum Gasteiger partial charge on any atom is 0.416 e. The Bertz CT molecular complexity index is 771. The summed E-state index contributed by atoms with van der Waals surface area (Å²) in [6, 6.07) is 13.5. The summed E-state index contributed by atoms with van der Waals surface area (Å²) in [4.78, 5) is 18.2. The summed E-state index contributed by atoms with van der Waals surface area (Å²) in [6.45, 7) is 4.48. The number of rotatable bonds is 1.